The van der Waals surface area contributed by atoms with E-state index >= 15 is 0 Å². The van der Waals surface area contributed by atoms with E-state index in [0.29, 0.717) is 0 Å². The summed E-state index contributed by atoms with van der Waals surface area (Å²) in [7, 11) is 1.73. The van der Waals surface area contributed by atoms with Crippen molar-refractivity contribution in [2.45, 2.75) is 25.4 Å². The second-order valence-corrected chi connectivity index (χ2v) is 8.33. The summed E-state index contributed by atoms with van der Waals surface area (Å²) in [5.74, 6) is 3.52. The number of methoxy groups -OCH3 is 1. The smallest absolute Gasteiger partial charge is 0.119 e. The summed E-state index contributed by atoms with van der Waals surface area (Å²) in [5, 5.41) is 4.42. The lowest BCUT2D eigenvalue weighted by Gasteiger charge is -2.40. The van der Waals surface area contributed by atoms with Crippen LogP contribution in [0.5, 0.6) is 5.75 Å². The second kappa shape index (κ2) is 8.46. The van der Waals surface area contributed by atoms with E-state index in [0.717, 1.165) is 24.0 Å². The van der Waals surface area contributed by atoms with Gasteiger partial charge in [0.15, 0.2) is 0 Å². The van der Waals surface area contributed by atoms with E-state index in [1.165, 1.54) is 56.1 Å². The first-order valence-electron chi connectivity index (χ1n) is 9.54. The lowest BCUT2D eigenvalue weighted by Crippen LogP contribution is -2.47. The topological polar surface area (TPSA) is 33.5 Å². The fourth-order valence-electron chi connectivity index (χ4n) is 4.08. The van der Waals surface area contributed by atoms with E-state index in [-0.39, 0.29) is 0 Å². The summed E-state index contributed by atoms with van der Waals surface area (Å²) in [4.78, 5) is 5.30. The molecular weight excluding hydrogens is 344 g/mol. The van der Waals surface area contributed by atoms with Crippen LogP contribution in [0.15, 0.2) is 36.7 Å². The maximum absolute atomic E-state index is 5.46. The molecular formula is C20H28N4OS. The van der Waals surface area contributed by atoms with Gasteiger partial charge in [-0.15, -0.1) is 0 Å². The molecule has 0 bridgehead atoms. The third-order valence-electron chi connectivity index (χ3n) is 5.55. The molecule has 26 heavy (non-hydrogen) atoms. The van der Waals surface area contributed by atoms with Crippen molar-refractivity contribution in [1.29, 1.82) is 0 Å². The Kier molecular flexibility index (Phi) is 5.82. The number of ether oxygens (including phenoxy) is 1. The van der Waals surface area contributed by atoms with E-state index in [4.69, 9.17) is 4.74 Å². The van der Waals surface area contributed by atoms with Crippen molar-refractivity contribution < 1.29 is 4.74 Å². The number of aromatic nitrogens is 2. The van der Waals surface area contributed by atoms with Gasteiger partial charge < -0.3 is 4.74 Å². The summed E-state index contributed by atoms with van der Waals surface area (Å²) < 4.78 is 7.41. The van der Waals surface area contributed by atoms with Crippen molar-refractivity contribution in [2.24, 2.45) is 0 Å². The summed E-state index contributed by atoms with van der Waals surface area (Å²) in [6, 6.07) is 9.03. The first-order chi connectivity index (χ1) is 12.8. The van der Waals surface area contributed by atoms with Gasteiger partial charge in [0.1, 0.15) is 5.75 Å². The monoisotopic (exact) mass is 372 g/mol. The Morgan fingerprint density at radius 2 is 1.96 bits per heavy atom. The number of hydrogen-bond acceptors (Lipinski definition) is 5. The first kappa shape index (κ1) is 17.9. The van der Waals surface area contributed by atoms with Crippen molar-refractivity contribution in [2.75, 3.05) is 44.8 Å². The maximum atomic E-state index is 5.46. The van der Waals surface area contributed by atoms with Crippen LogP contribution in [0.3, 0.4) is 0 Å². The number of piperidine rings is 1. The Morgan fingerprint density at radius 3 is 2.65 bits per heavy atom. The van der Waals surface area contributed by atoms with Crippen molar-refractivity contribution in [3.8, 4) is 11.4 Å². The van der Waals surface area contributed by atoms with Gasteiger partial charge in [-0.2, -0.15) is 16.9 Å². The highest BCUT2D eigenvalue weighted by Crippen LogP contribution is 2.25. The molecule has 2 fully saturated rings. The molecule has 0 aliphatic carbocycles. The standard InChI is InChI=1S/C20H28N4OS/c1-25-19-3-4-20(24-8-2-7-21-24)17(15-19)16-22-9-5-18(6-10-22)23-11-13-26-14-12-23/h2-4,7-8,15,18H,5-6,9-14,16H2,1H3. The highest BCUT2D eigenvalue weighted by Gasteiger charge is 2.26. The molecule has 2 aliphatic rings. The molecule has 140 valence electrons. The fraction of sp³-hybridized carbons (Fsp3) is 0.550. The van der Waals surface area contributed by atoms with Crippen LogP contribution in [-0.4, -0.2) is 70.4 Å². The number of hydrogen-bond donors (Lipinski definition) is 0. The molecule has 1 aromatic carbocycles. The minimum Gasteiger partial charge on any atom is -0.497 e. The van der Waals surface area contributed by atoms with Crippen LogP contribution in [0.2, 0.25) is 0 Å². The fourth-order valence-corrected chi connectivity index (χ4v) is 5.01. The van der Waals surface area contributed by atoms with Crippen LogP contribution < -0.4 is 4.74 Å². The van der Waals surface area contributed by atoms with E-state index in [1.807, 2.05) is 29.2 Å². The van der Waals surface area contributed by atoms with Crippen molar-refractivity contribution in [3.05, 3.63) is 42.2 Å². The molecule has 3 heterocycles. The van der Waals surface area contributed by atoms with E-state index < -0.39 is 0 Å². The van der Waals surface area contributed by atoms with Gasteiger partial charge >= 0.3 is 0 Å². The molecule has 0 spiro atoms. The quantitative estimate of drug-likeness (QED) is 0.806. The third-order valence-corrected chi connectivity index (χ3v) is 6.49. The van der Waals surface area contributed by atoms with Gasteiger partial charge in [-0.1, -0.05) is 0 Å². The molecule has 2 saturated heterocycles. The Hall–Kier alpha value is -1.50. The highest BCUT2D eigenvalue weighted by atomic mass is 32.2. The number of nitrogens with zero attached hydrogens (tertiary/aromatic N) is 4. The van der Waals surface area contributed by atoms with Crippen LogP contribution in [0.4, 0.5) is 0 Å². The zero-order valence-electron chi connectivity index (χ0n) is 15.5. The van der Waals surface area contributed by atoms with E-state index in [2.05, 4.69) is 38.8 Å². The SMILES string of the molecule is COc1ccc(-n2cccn2)c(CN2CCC(N3CCSCC3)CC2)c1. The normalized spacial score (nSPS) is 20.3. The van der Waals surface area contributed by atoms with Crippen LogP contribution in [-0.2, 0) is 6.54 Å². The Bertz CT molecular complexity index is 692. The number of rotatable bonds is 5. The number of likely N-dealkylation sites (tertiary alicyclic amines) is 1. The van der Waals surface area contributed by atoms with E-state index in [9.17, 15) is 0 Å². The number of thioether (sulfide) groups is 1. The molecule has 0 amide bonds. The molecule has 0 radical (unpaired) electrons. The molecule has 6 heteroatoms. The Labute approximate surface area is 160 Å². The zero-order valence-corrected chi connectivity index (χ0v) is 16.3. The van der Waals surface area contributed by atoms with Crippen molar-refractivity contribution in [3.63, 3.8) is 0 Å². The van der Waals surface area contributed by atoms with Crippen molar-refractivity contribution in [1.82, 2.24) is 19.6 Å². The van der Waals surface area contributed by atoms with Gasteiger partial charge in [0.2, 0.25) is 0 Å². The van der Waals surface area contributed by atoms with Gasteiger partial charge in [0.05, 0.1) is 12.8 Å². The summed E-state index contributed by atoms with van der Waals surface area (Å²) >= 11 is 2.10. The van der Waals surface area contributed by atoms with Crippen LogP contribution >= 0.6 is 11.8 Å². The second-order valence-electron chi connectivity index (χ2n) is 7.10. The summed E-state index contributed by atoms with van der Waals surface area (Å²) in [6.07, 6.45) is 6.40. The average molecular weight is 373 g/mol. The van der Waals surface area contributed by atoms with Crippen LogP contribution in [0.1, 0.15) is 18.4 Å². The Balaban J connectivity index is 1.42. The predicted molar refractivity (Wildman–Crippen MR) is 107 cm³/mol. The minimum absolute atomic E-state index is 0.781. The largest absolute Gasteiger partial charge is 0.497 e. The van der Waals surface area contributed by atoms with Gasteiger partial charge in [-0.3, -0.25) is 9.80 Å². The molecule has 5 nitrogen and oxygen atoms in total. The van der Waals surface area contributed by atoms with Crippen molar-refractivity contribution >= 4 is 11.8 Å². The molecule has 4 rings (SSSR count). The highest BCUT2D eigenvalue weighted by molar-refractivity contribution is 7.99. The minimum atomic E-state index is 0.781. The molecule has 0 atom stereocenters. The van der Waals surface area contributed by atoms with Gasteiger partial charge in [-0.25, -0.2) is 4.68 Å². The average Bonchev–Trinajstić information content (AvgIpc) is 3.24. The Morgan fingerprint density at radius 1 is 1.15 bits per heavy atom. The number of benzene rings is 1. The molecule has 1 aromatic heterocycles. The molecule has 0 N–H and O–H groups in total. The van der Waals surface area contributed by atoms with Crippen LogP contribution in [0, 0.1) is 0 Å². The van der Waals surface area contributed by atoms with Gasteiger partial charge in [-0.05, 0) is 55.8 Å². The molecule has 0 saturated carbocycles. The van der Waals surface area contributed by atoms with Gasteiger partial charge in [0.25, 0.3) is 0 Å². The molecule has 2 aliphatic heterocycles. The predicted octanol–water partition coefficient (Wildman–Crippen LogP) is 2.89. The maximum Gasteiger partial charge on any atom is 0.119 e. The van der Waals surface area contributed by atoms with E-state index in [1.54, 1.807) is 7.11 Å². The first-order valence-corrected chi connectivity index (χ1v) is 10.7. The summed E-state index contributed by atoms with van der Waals surface area (Å²) in [5.41, 5.74) is 2.42. The lowest BCUT2D eigenvalue weighted by molar-refractivity contribution is 0.112. The lowest BCUT2D eigenvalue weighted by atomic mass is 10.0. The molecule has 2 aromatic rings. The van der Waals surface area contributed by atoms with Crippen LogP contribution in [0.25, 0.3) is 5.69 Å². The zero-order chi connectivity index (χ0) is 17.8. The summed E-state index contributed by atoms with van der Waals surface area (Å²) in [6.45, 7) is 5.84. The third kappa shape index (κ3) is 4.08. The molecule has 0 unspecified atom stereocenters. The van der Waals surface area contributed by atoms with Gasteiger partial charge in [0, 0.05) is 49.6 Å².